The van der Waals surface area contributed by atoms with Gasteiger partial charge < -0.3 is 9.64 Å². The summed E-state index contributed by atoms with van der Waals surface area (Å²) in [7, 11) is 1.55. The molecule has 0 aromatic heterocycles. The third kappa shape index (κ3) is 2.93. The van der Waals surface area contributed by atoms with E-state index in [1.165, 1.54) is 0 Å². The minimum Gasteiger partial charge on any atom is -0.495 e. The number of carbonyl (C=O) groups excluding carboxylic acids is 1. The van der Waals surface area contributed by atoms with Gasteiger partial charge in [0.2, 0.25) is 5.91 Å². The highest BCUT2D eigenvalue weighted by Gasteiger charge is 2.31. The van der Waals surface area contributed by atoms with E-state index < -0.39 is 0 Å². The van der Waals surface area contributed by atoms with Gasteiger partial charge in [0, 0.05) is 19.5 Å². The average molecular weight is 272 g/mol. The fourth-order valence-corrected chi connectivity index (χ4v) is 2.55. The Morgan fingerprint density at radius 3 is 2.80 bits per heavy atom. The Balaban J connectivity index is 2.11. The van der Waals surface area contributed by atoms with Crippen LogP contribution in [0.1, 0.15) is 31.4 Å². The predicted octanol–water partition coefficient (Wildman–Crippen LogP) is 2.57. The average Bonchev–Trinajstić information content (AvgIpc) is 2.80. The fraction of sp³-hybridized carbons (Fsp3) is 0.500. The zero-order chi connectivity index (χ0) is 14.7. The summed E-state index contributed by atoms with van der Waals surface area (Å²) < 4.78 is 5.20. The number of benzene rings is 1. The Morgan fingerprint density at radius 2 is 2.25 bits per heavy atom. The first-order valence-corrected chi connectivity index (χ1v) is 6.90. The molecule has 0 saturated carbocycles. The Bertz CT molecular complexity index is 546. The summed E-state index contributed by atoms with van der Waals surface area (Å²) in [6.45, 7) is 5.72. The first-order valence-electron chi connectivity index (χ1n) is 6.90. The summed E-state index contributed by atoms with van der Waals surface area (Å²) in [5, 5.41) is 8.97. The lowest BCUT2D eigenvalue weighted by Crippen LogP contribution is -2.25. The van der Waals surface area contributed by atoms with E-state index in [-0.39, 0.29) is 5.91 Å². The number of nitrogens with zero attached hydrogens (tertiary/aromatic N) is 2. The number of methoxy groups -OCH3 is 1. The Hall–Kier alpha value is -2.02. The monoisotopic (exact) mass is 272 g/mol. The summed E-state index contributed by atoms with van der Waals surface area (Å²) in [6.07, 6.45) is 0.644. The molecule has 1 fully saturated rings. The Kier molecular flexibility index (Phi) is 4.29. The van der Waals surface area contributed by atoms with Crippen molar-refractivity contribution in [3.63, 3.8) is 0 Å². The van der Waals surface area contributed by atoms with Crippen LogP contribution in [0.4, 0.5) is 0 Å². The van der Waals surface area contributed by atoms with Crippen molar-refractivity contribution in [2.75, 3.05) is 13.7 Å². The summed E-state index contributed by atoms with van der Waals surface area (Å²) in [6, 6.07) is 7.57. The molecule has 4 heteroatoms. The van der Waals surface area contributed by atoms with E-state index in [2.05, 4.69) is 19.9 Å². The quantitative estimate of drug-likeness (QED) is 0.846. The van der Waals surface area contributed by atoms with Crippen molar-refractivity contribution in [2.45, 2.75) is 26.8 Å². The molecular formula is C16H20N2O2. The summed E-state index contributed by atoms with van der Waals surface area (Å²) in [4.78, 5) is 13.9. The normalized spacial score (nSPS) is 18.4. The second kappa shape index (κ2) is 5.96. The van der Waals surface area contributed by atoms with Crippen LogP contribution in [-0.2, 0) is 11.3 Å². The molecule has 1 saturated heterocycles. The van der Waals surface area contributed by atoms with Gasteiger partial charge in [-0.3, -0.25) is 4.79 Å². The first-order chi connectivity index (χ1) is 9.55. The van der Waals surface area contributed by atoms with Crippen LogP contribution in [0.25, 0.3) is 0 Å². The van der Waals surface area contributed by atoms with Crippen LogP contribution in [0.3, 0.4) is 0 Å². The molecule has 1 unspecified atom stereocenters. The van der Waals surface area contributed by atoms with E-state index >= 15 is 0 Å². The van der Waals surface area contributed by atoms with Crippen LogP contribution >= 0.6 is 0 Å². The second-order valence-electron chi connectivity index (χ2n) is 5.63. The molecular weight excluding hydrogens is 252 g/mol. The highest BCUT2D eigenvalue weighted by atomic mass is 16.5. The number of likely N-dealkylation sites (tertiary alicyclic amines) is 1. The number of carbonyl (C=O) groups is 1. The predicted molar refractivity (Wildman–Crippen MR) is 76.1 cm³/mol. The summed E-state index contributed by atoms with van der Waals surface area (Å²) in [5.74, 6) is 1.76. The molecule has 4 nitrogen and oxygen atoms in total. The van der Waals surface area contributed by atoms with Crippen molar-refractivity contribution >= 4 is 5.91 Å². The van der Waals surface area contributed by atoms with E-state index in [4.69, 9.17) is 10.00 Å². The second-order valence-corrected chi connectivity index (χ2v) is 5.63. The molecule has 1 aliphatic rings. The highest BCUT2D eigenvalue weighted by molar-refractivity contribution is 5.78. The molecule has 106 valence electrons. The van der Waals surface area contributed by atoms with Crippen LogP contribution in [0.5, 0.6) is 5.75 Å². The molecule has 20 heavy (non-hydrogen) atoms. The van der Waals surface area contributed by atoms with Crippen molar-refractivity contribution in [1.29, 1.82) is 5.26 Å². The Morgan fingerprint density at radius 1 is 1.50 bits per heavy atom. The van der Waals surface area contributed by atoms with Gasteiger partial charge in [0.05, 0.1) is 12.7 Å². The molecule has 1 aromatic carbocycles. The van der Waals surface area contributed by atoms with Gasteiger partial charge in [0.25, 0.3) is 0 Å². The van der Waals surface area contributed by atoms with Crippen molar-refractivity contribution < 1.29 is 9.53 Å². The third-order valence-electron chi connectivity index (χ3n) is 3.95. The van der Waals surface area contributed by atoms with Gasteiger partial charge in [-0.15, -0.1) is 0 Å². The van der Waals surface area contributed by atoms with Crippen molar-refractivity contribution in [3.8, 4) is 11.8 Å². The molecule has 1 heterocycles. The molecule has 0 radical (unpaired) electrons. The van der Waals surface area contributed by atoms with Crippen LogP contribution < -0.4 is 4.74 Å². The van der Waals surface area contributed by atoms with Gasteiger partial charge in [0.15, 0.2) is 0 Å². The molecule has 0 aliphatic carbocycles. The number of amides is 1. The molecule has 2 rings (SSSR count). The van der Waals surface area contributed by atoms with Crippen molar-refractivity contribution in [3.05, 3.63) is 29.3 Å². The highest BCUT2D eigenvalue weighted by Crippen LogP contribution is 2.27. The number of rotatable bonds is 4. The number of hydrogen-bond donors (Lipinski definition) is 0. The lowest BCUT2D eigenvalue weighted by molar-refractivity contribution is -0.128. The maximum atomic E-state index is 12.0. The molecule has 0 N–H and O–H groups in total. The zero-order valence-electron chi connectivity index (χ0n) is 12.2. The lowest BCUT2D eigenvalue weighted by Gasteiger charge is -2.18. The number of ether oxygens (including phenoxy) is 1. The van der Waals surface area contributed by atoms with Gasteiger partial charge >= 0.3 is 0 Å². The van der Waals surface area contributed by atoms with Crippen LogP contribution in [-0.4, -0.2) is 24.5 Å². The van der Waals surface area contributed by atoms with Crippen molar-refractivity contribution in [1.82, 2.24) is 4.90 Å². The van der Waals surface area contributed by atoms with Crippen LogP contribution in [0.15, 0.2) is 18.2 Å². The van der Waals surface area contributed by atoms with Crippen LogP contribution in [0, 0.1) is 23.2 Å². The minimum absolute atomic E-state index is 0.215. The number of nitriles is 1. The molecule has 1 amide bonds. The maximum absolute atomic E-state index is 12.0. The summed E-state index contributed by atoms with van der Waals surface area (Å²) >= 11 is 0. The van der Waals surface area contributed by atoms with Gasteiger partial charge in [-0.2, -0.15) is 5.26 Å². The van der Waals surface area contributed by atoms with Gasteiger partial charge in [-0.1, -0.05) is 19.9 Å². The molecule has 1 atom stereocenters. The largest absolute Gasteiger partial charge is 0.495 e. The first kappa shape index (κ1) is 14.4. The van der Waals surface area contributed by atoms with Gasteiger partial charge in [-0.05, 0) is 29.5 Å². The molecule has 1 aromatic rings. The fourth-order valence-electron chi connectivity index (χ4n) is 2.55. The van der Waals surface area contributed by atoms with E-state index in [0.717, 1.165) is 12.1 Å². The van der Waals surface area contributed by atoms with Gasteiger partial charge in [0.1, 0.15) is 11.8 Å². The topological polar surface area (TPSA) is 53.3 Å². The van der Waals surface area contributed by atoms with E-state index in [9.17, 15) is 4.79 Å². The van der Waals surface area contributed by atoms with E-state index in [0.29, 0.717) is 36.1 Å². The van der Waals surface area contributed by atoms with Gasteiger partial charge in [-0.25, -0.2) is 0 Å². The number of hydrogen-bond acceptors (Lipinski definition) is 3. The third-order valence-corrected chi connectivity index (χ3v) is 3.95. The van der Waals surface area contributed by atoms with Crippen molar-refractivity contribution in [2.24, 2.45) is 11.8 Å². The maximum Gasteiger partial charge on any atom is 0.223 e. The molecule has 0 spiro atoms. The SMILES string of the molecule is COc1cc(CN2CC(C(C)C)CC2=O)ccc1C#N. The van der Waals surface area contributed by atoms with E-state index in [1.807, 2.05) is 17.0 Å². The standard InChI is InChI=1S/C16H20N2O2/c1-11(2)14-7-16(19)18(10-14)9-12-4-5-13(8-17)15(6-12)20-3/h4-6,11,14H,7,9-10H2,1-3H3. The zero-order valence-corrected chi connectivity index (χ0v) is 12.2. The smallest absolute Gasteiger partial charge is 0.223 e. The van der Waals surface area contributed by atoms with E-state index in [1.54, 1.807) is 13.2 Å². The summed E-state index contributed by atoms with van der Waals surface area (Å²) in [5.41, 5.74) is 1.52. The molecule has 1 aliphatic heterocycles. The Labute approximate surface area is 120 Å². The van der Waals surface area contributed by atoms with Crippen LogP contribution in [0.2, 0.25) is 0 Å². The minimum atomic E-state index is 0.215. The lowest BCUT2D eigenvalue weighted by atomic mass is 9.95. The molecule has 0 bridgehead atoms.